The summed E-state index contributed by atoms with van der Waals surface area (Å²) in [6, 6.07) is 9.21. The van der Waals surface area contributed by atoms with Crippen molar-refractivity contribution < 1.29 is 18.1 Å². The molecule has 0 spiro atoms. The molecule has 1 aromatic rings. The van der Waals surface area contributed by atoms with E-state index in [4.69, 9.17) is 4.55 Å². The van der Waals surface area contributed by atoms with Crippen LogP contribution in [0.5, 0.6) is 0 Å². The highest BCUT2D eigenvalue weighted by atomic mass is 32.2. The molecule has 5 nitrogen and oxygen atoms in total. The maximum Gasteiger partial charge on any atom is 0.264 e. The standard InChI is InChI=1S/C14H23NO4S/c1-14(2,3)15(10-7-11-20(17,18)19)13(16)12-8-5-4-6-9-12/h4-6,8-9,13,16H,7,10-11H2,1-3H3,(H,17,18,19). The molecule has 2 N–H and O–H groups in total. The van der Waals surface area contributed by atoms with Gasteiger partial charge in [-0.1, -0.05) is 30.3 Å². The van der Waals surface area contributed by atoms with E-state index in [2.05, 4.69) is 0 Å². The van der Waals surface area contributed by atoms with Crippen molar-refractivity contribution in [2.24, 2.45) is 0 Å². The molecule has 0 bridgehead atoms. The Morgan fingerprint density at radius 2 is 1.75 bits per heavy atom. The van der Waals surface area contributed by atoms with Crippen molar-refractivity contribution in [2.75, 3.05) is 12.3 Å². The molecule has 0 aliphatic rings. The quantitative estimate of drug-likeness (QED) is 0.621. The fourth-order valence-corrected chi connectivity index (χ4v) is 2.54. The number of rotatable bonds is 6. The van der Waals surface area contributed by atoms with Gasteiger partial charge in [0.2, 0.25) is 0 Å². The predicted octanol–water partition coefficient (Wildman–Crippen LogP) is 2.06. The molecule has 1 atom stereocenters. The van der Waals surface area contributed by atoms with Gasteiger partial charge < -0.3 is 5.11 Å². The van der Waals surface area contributed by atoms with Crippen LogP contribution in [0, 0.1) is 0 Å². The van der Waals surface area contributed by atoms with Gasteiger partial charge in [0.15, 0.2) is 0 Å². The van der Waals surface area contributed by atoms with Crippen molar-refractivity contribution in [2.45, 2.75) is 39.0 Å². The lowest BCUT2D eigenvalue weighted by atomic mass is 10.0. The van der Waals surface area contributed by atoms with Crippen LogP contribution in [0.4, 0.5) is 0 Å². The minimum Gasteiger partial charge on any atom is -0.374 e. The van der Waals surface area contributed by atoms with E-state index >= 15 is 0 Å². The number of aliphatic hydroxyl groups is 1. The molecule has 0 aromatic heterocycles. The Hall–Kier alpha value is -0.950. The molecule has 1 aromatic carbocycles. The van der Waals surface area contributed by atoms with Gasteiger partial charge in [-0.3, -0.25) is 9.45 Å². The zero-order valence-electron chi connectivity index (χ0n) is 12.2. The van der Waals surface area contributed by atoms with Gasteiger partial charge in [-0.25, -0.2) is 0 Å². The van der Waals surface area contributed by atoms with E-state index in [-0.39, 0.29) is 17.7 Å². The van der Waals surface area contributed by atoms with Crippen LogP contribution in [-0.4, -0.2) is 40.8 Å². The molecule has 0 aliphatic carbocycles. The Balaban J connectivity index is 2.80. The van der Waals surface area contributed by atoms with E-state index in [1.165, 1.54) is 0 Å². The third-order valence-corrected chi connectivity index (χ3v) is 3.86. The van der Waals surface area contributed by atoms with Gasteiger partial charge in [0, 0.05) is 12.1 Å². The van der Waals surface area contributed by atoms with E-state index in [1.54, 1.807) is 0 Å². The summed E-state index contributed by atoms with van der Waals surface area (Å²) >= 11 is 0. The summed E-state index contributed by atoms with van der Waals surface area (Å²) in [4.78, 5) is 1.81. The van der Waals surface area contributed by atoms with Crippen LogP contribution in [0.15, 0.2) is 30.3 Å². The maximum atomic E-state index is 10.8. The number of nitrogens with zero attached hydrogens (tertiary/aromatic N) is 1. The molecule has 114 valence electrons. The van der Waals surface area contributed by atoms with E-state index in [9.17, 15) is 13.5 Å². The zero-order valence-corrected chi connectivity index (χ0v) is 13.0. The fourth-order valence-electron chi connectivity index (χ4n) is 2.05. The van der Waals surface area contributed by atoms with Gasteiger partial charge in [-0.15, -0.1) is 0 Å². The second-order valence-electron chi connectivity index (χ2n) is 5.79. The van der Waals surface area contributed by atoms with E-state index in [0.29, 0.717) is 6.54 Å². The molecule has 0 heterocycles. The zero-order chi connectivity index (χ0) is 15.4. The lowest BCUT2D eigenvalue weighted by Gasteiger charge is -2.39. The fraction of sp³-hybridized carbons (Fsp3) is 0.571. The van der Waals surface area contributed by atoms with Crippen LogP contribution in [-0.2, 0) is 10.1 Å². The molecule has 20 heavy (non-hydrogen) atoms. The van der Waals surface area contributed by atoms with Gasteiger partial charge in [-0.05, 0) is 32.8 Å². The minimum absolute atomic E-state index is 0.264. The summed E-state index contributed by atoms with van der Waals surface area (Å²) in [5.41, 5.74) is 0.434. The highest BCUT2D eigenvalue weighted by molar-refractivity contribution is 7.85. The van der Waals surface area contributed by atoms with Gasteiger partial charge in [0.25, 0.3) is 10.1 Å². The van der Waals surface area contributed by atoms with Crippen molar-refractivity contribution >= 4 is 10.1 Å². The Morgan fingerprint density at radius 3 is 2.20 bits per heavy atom. The van der Waals surface area contributed by atoms with Crippen LogP contribution in [0.1, 0.15) is 39.0 Å². The van der Waals surface area contributed by atoms with Crippen molar-refractivity contribution in [3.05, 3.63) is 35.9 Å². The van der Waals surface area contributed by atoms with Crippen LogP contribution < -0.4 is 0 Å². The average Bonchev–Trinajstić information content (AvgIpc) is 2.32. The third kappa shape index (κ3) is 5.58. The van der Waals surface area contributed by atoms with Crippen molar-refractivity contribution in [3.63, 3.8) is 0 Å². The maximum absolute atomic E-state index is 10.8. The molecule has 6 heteroatoms. The topological polar surface area (TPSA) is 77.8 Å². The normalized spacial score (nSPS) is 14.5. The Morgan fingerprint density at radius 1 is 1.20 bits per heavy atom. The van der Waals surface area contributed by atoms with Crippen LogP contribution in [0.25, 0.3) is 0 Å². The monoisotopic (exact) mass is 301 g/mol. The van der Waals surface area contributed by atoms with Gasteiger partial charge >= 0.3 is 0 Å². The number of benzene rings is 1. The largest absolute Gasteiger partial charge is 0.374 e. The Bertz CT molecular complexity index is 508. The molecule has 0 saturated heterocycles. The first kappa shape index (κ1) is 17.1. The van der Waals surface area contributed by atoms with Crippen LogP contribution >= 0.6 is 0 Å². The summed E-state index contributed by atoms with van der Waals surface area (Å²) in [5.74, 6) is -0.304. The van der Waals surface area contributed by atoms with Crippen molar-refractivity contribution in [3.8, 4) is 0 Å². The van der Waals surface area contributed by atoms with Gasteiger partial charge in [-0.2, -0.15) is 8.42 Å². The molecular formula is C14H23NO4S. The highest BCUT2D eigenvalue weighted by Gasteiger charge is 2.28. The average molecular weight is 301 g/mol. The van der Waals surface area contributed by atoms with E-state index in [1.807, 2.05) is 56.0 Å². The highest BCUT2D eigenvalue weighted by Crippen LogP contribution is 2.26. The SMILES string of the molecule is CC(C)(C)N(CCCS(=O)(=O)O)C(O)c1ccccc1. The second-order valence-corrected chi connectivity index (χ2v) is 7.36. The molecule has 1 rings (SSSR count). The minimum atomic E-state index is -3.96. The van der Waals surface area contributed by atoms with E-state index in [0.717, 1.165) is 5.56 Å². The molecule has 0 radical (unpaired) electrons. The lowest BCUT2D eigenvalue weighted by Crippen LogP contribution is -2.44. The molecule has 1 unspecified atom stereocenters. The first-order valence-electron chi connectivity index (χ1n) is 6.56. The predicted molar refractivity (Wildman–Crippen MR) is 78.9 cm³/mol. The summed E-state index contributed by atoms with van der Waals surface area (Å²) in [7, 11) is -3.96. The molecule has 0 fully saturated rings. The second kappa shape index (κ2) is 6.67. The first-order chi connectivity index (χ1) is 9.11. The summed E-state index contributed by atoms with van der Waals surface area (Å²) in [6.45, 7) is 6.23. The smallest absolute Gasteiger partial charge is 0.264 e. The number of hydrogen-bond donors (Lipinski definition) is 2. The van der Waals surface area contributed by atoms with Crippen molar-refractivity contribution in [1.82, 2.24) is 4.90 Å². The van der Waals surface area contributed by atoms with Gasteiger partial charge in [0.05, 0.1) is 5.75 Å². The third-order valence-electron chi connectivity index (χ3n) is 3.06. The van der Waals surface area contributed by atoms with Crippen LogP contribution in [0.3, 0.4) is 0 Å². The number of hydrogen-bond acceptors (Lipinski definition) is 4. The summed E-state index contributed by atoms with van der Waals surface area (Å²) in [5, 5.41) is 10.5. The Labute approximate surface area is 121 Å². The lowest BCUT2D eigenvalue weighted by molar-refractivity contribution is -0.0532. The van der Waals surface area contributed by atoms with Crippen molar-refractivity contribution in [1.29, 1.82) is 0 Å². The summed E-state index contributed by atoms with van der Waals surface area (Å²) < 4.78 is 30.3. The molecule has 0 aliphatic heterocycles. The van der Waals surface area contributed by atoms with Gasteiger partial charge in [0.1, 0.15) is 6.23 Å². The molecule has 0 amide bonds. The first-order valence-corrected chi connectivity index (χ1v) is 8.17. The van der Waals surface area contributed by atoms with Crippen LogP contribution in [0.2, 0.25) is 0 Å². The molecular weight excluding hydrogens is 278 g/mol. The summed E-state index contributed by atoms with van der Waals surface area (Å²) in [6.07, 6.45) is -0.544. The molecule has 0 saturated carbocycles. The number of aliphatic hydroxyl groups excluding tert-OH is 1. The Kier molecular flexibility index (Phi) is 5.70. The van der Waals surface area contributed by atoms with E-state index < -0.39 is 16.3 Å².